The van der Waals surface area contributed by atoms with Gasteiger partial charge in [0.05, 0.1) is 18.5 Å². The summed E-state index contributed by atoms with van der Waals surface area (Å²) in [5.74, 6) is 1.40. The fourth-order valence-corrected chi connectivity index (χ4v) is 2.50. The molecule has 1 aliphatic rings. The van der Waals surface area contributed by atoms with Gasteiger partial charge in [0.2, 0.25) is 11.7 Å². The minimum absolute atomic E-state index is 0.152. The van der Waals surface area contributed by atoms with E-state index in [0.717, 1.165) is 31.9 Å². The van der Waals surface area contributed by atoms with Gasteiger partial charge in [-0.25, -0.2) is 0 Å². The van der Waals surface area contributed by atoms with E-state index in [1.165, 1.54) is 0 Å². The molecule has 2 aromatic rings. The molecule has 1 amide bonds. The molecule has 7 heteroatoms. The molecule has 7 nitrogen and oxygen atoms in total. The molecular weight excluding hydrogens is 284 g/mol. The van der Waals surface area contributed by atoms with Gasteiger partial charge in [-0.05, 0) is 19.2 Å². The van der Waals surface area contributed by atoms with Crippen LogP contribution in [0.2, 0.25) is 0 Å². The molecule has 0 radical (unpaired) electrons. The summed E-state index contributed by atoms with van der Waals surface area (Å²) in [5, 5.41) is 7.26. The van der Waals surface area contributed by atoms with Crippen molar-refractivity contribution in [2.45, 2.75) is 6.54 Å². The standard InChI is InChI=1S/C15H20N4O3/c1-18(11-15(20)19-6-4-16-5-7-19)10-12-9-14(22-17-12)13-3-2-8-21-13/h2-3,8-9,16H,4-7,10-11H2,1H3. The van der Waals surface area contributed by atoms with E-state index in [9.17, 15) is 4.79 Å². The summed E-state index contributed by atoms with van der Waals surface area (Å²) in [7, 11) is 1.90. The molecule has 22 heavy (non-hydrogen) atoms. The minimum atomic E-state index is 0.152. The number of hydrogen-bond donors (Lipinski definition) is 1. The maximum absolute atomic E-state index is 12.2. The second-order valence-electron chi connectivity index (χ2n) is 5.46. The van der Waals surface area contributed by atoms with E-state index in [1.807, 2.05) is 29.0 Å². The molecule has 2 aromatic heterocycles. The van der Waals surface area contributed by atoms with Crippen LogP contribution in [0, 0.1) is 0 Å². The van der Waals surface area contributed by atoms with Gasteiger partial charge in [-0.2, -0.15) is 0 Å². The van der Waals surface area contributed by atoms with Crippen LogP contribution in [0.3, 0.4) is 0 Å². The van der Waals surface area contributed by atoms with Crippen LogP contribution in [0.1, 0.15) is 5.69 Å². The molecular formula is C15H20N4O3. The Labute approximate surface area is 128 Å². The Balaban J connectivity index is 1.53. The molecule has 0 aliphatic carbocycles. The molecule has 118 valence electrons. The lowest BCUT2D eigenvalue weighted by molar-refractivity contribution is -0.132. The number of carbonyl (C=O) groups excluding carboxylic acids is 1. The zero-order valence-corrected chi connectivity index (χ0v) is 12.6. The van der Waals surface area contributed by atoms with Crippen molar-refractivity contribution >= 4 is 5.91 Å². The summed E-state index contributed by atoms with van der Waals surface area (Å²) >= 11 is 0. The molecule has 1 fully saturated rings. The van der Waals surface area contributed by atoms with Gasteiger partial charge in [0, 0.05) is 38.8 Å². The smallest absolute Gasteiger partial charge is 0.236 e. The van der Waals surface area contributed by atoms with Gasteiger partial charge in [0.15, 0.2) is 5.76 Å². The minimum Gasteiger partial charge on any atom is -0.461 e. The van der Waals surface area contributed by atoms with Crippen LogP contribution in [0.5, 0.6) is 0 Å². The Kier molecular flexibility index (Phi) is 4.55. The first-order chi connectivity index (χ1) is 10.7. The number of piperazine rings is 1. The van der Waals surface area contributed by atoms with E-state index in [2.05, 4.69) is 10.5 Å². The predicted molar refractivity (Wildman–Crippen MR) is 80.0 cm³/mol. The predicted octanol–water partition coefficient (Wildman–Crippen LogP) is 0.798. The van der Waals surface area contributed by atoms with Gasteiger partial charge >= 0.3 is 0 Å². The number of rotatable bonds is 5. The zero-order chi connectivity index (χ0) is 15.4. The van der Waals surface area contributed by atoms with Gasteiger partial charge in [-0.1, -0.05) is 5.16 Å². The number of furan rings is 1. The summed E-state index contributed by atoms with van der Waals surface area (Å²) < 4.78 is 10.5. The summed E-state index contributed by atoms with van der Waals surface area (Å²) in [6, 6.07) is 5.46. The summed E-state index contributed by atoms with van der Waals surface area (Å²) in [5.41, 5.74) is 0.780. The monoisotopic (exact) mass is 304 g/mol. The third-order valence-corrected chi connectivity index (χ3v) is 3.63. The lowest BCUT2D eigenvalue weighted by Gasteiger charge is -2.29. The van der Waals surface area contributed by atoms with Gasteiger partial charge in [0.1, 0.15) is 0 Å². The first-order valence-corrected chi connectivity index (χ1v) is 7.39. The molecule has 0 aromatic carbocycles. The highest BCUT2D eigenvalue weighted by Gasteiger charge is 2.18. The molecule has 3 rings (SSSR count). The highest BCUT2D eigenvalue weighted by molar-refractivity contribution is 5.78. The van der Waals surface area contributed by atoms with Crippen molar-refractivity contribution < 1.29 is 13.7 Å². The molecule has 0 unspecified atom stereocenters. The van der Waals surface area contributed by atoms with Gasteiger partial charge in [-0.15, -0.1) is 0 Å². The number of carbonyl (C=O) groups is 1. The molecule has 1 aliphatic heterocycles. The lowest BCUT2D eigenvalue weighted by Crippen LogP contribution is -2.49. The Bertz CT molecular complexity index is 602. The lowest BCUT2D eigenvalue weighted by atomic mass is 10.3. The van der Waals surface area contributed by atoms with Gasteiger partial charge < -0.3 is 19.2 Å². The Hall–Kier alpha value is -2.12. The summed E-state index contributed by atoms with van der Waals surface area (Å²) in [6.07, 6.45) is 1.59. The number of likely N-dealkylation sites (N-methyl/N-ethyl adjacent to an activating group) is 1. The average molecular weight is 304 g/mol. The molecule has 0 spiro atoms. The zero-order valence-electron chi connectivity index (χ0n) is 12.6. The number of hydrogen-bond acceptors (Lipinski definition) is 6. The van der Waals surface area contributed by atoms with Crippen molar-refractivity contribution in [1.29, 1.82) is 0 Å². The summed E-state index contributed by atoms with van der Waals surface area (Å²) in [6.45, 7) is 4.22. The molecule has 1 N–H and O–H groups in total. The van der Waals surface area contributed by atoms with Gasteiger partial charge in [-0.3, -0.25) is 9.69 Å². The fourth-order valence-electron chi connectivity index (χ4n) is 2.50. The van der Waals surface area contributed by atoms with Crippen LogP contribution in [0.4, 0.5) is 0 Å². The van der Waals surface area contributed by atoms with Crippen molar-refractivity contribution in [3.05, 3.63) is 30.2 Å². The van der Waals surface area contributed by atoms with E-state index in [4.69, 9.17) is 8.94 Å². The normalized spacial score (nSPS) is 15.5. The van der Waals surface area contributed by atoms with E-state index in [-0.39, 0.29) is 5.91 Å². The third kappa shape index (κ3) is 3.55. The second-order valence-corrected chi connectivity index (χ2v) is 5.46. The fraction of sp³-hybridized carbons (Fsp3) is 0.467. The van der Waals surface area contributed by atoms with Crippen LogP contribution in [0.25, 0.3) is 11.5 Å². The maximum atomic E-state index is 12.2. The maximum Gasteiger partial charge on any atom is 0.236 e. The number of aromatic nitrogens is 1. The largest absolute Gasteiger partial charge is 0.461 e. The van der Waals surface area contributed by atoms with E-state index < -0.39 is 0 Å². The Morgan fingerprint density at radius 3 is 2.95 bits per heavy atom. The molecule has 1 saturated heterocycles. The molecule has 0 bridgehead atoms. The van der Waals surface area contributed by atoms with Crippen LogP contribution in [-0.2, 0) is 11.3 Å². The van der Waals surface area contributed by atoms with Crippen molar-refractivity contribution in [1.82, 2.24) is 20.3 Å². The second kappa shape index (κ2) is 6.76. The van der Waals surface area contributed by atoms with Crippen molar-refractivity contribution in [3.63, 3.8) is 0 Å². The third-order valence-electron chi connectivity index (χ3n) is 3.63. The van der Waals surface area contributed by atoms with E-state index >= 15 is 0 Å². The number of amides is 1. The molecule has 3 heterocycles. The molecule has 0 saturated carbocycles. The Morgan fingerprint density at radius 1 is 1.41 bits per heavy atom. The van der Waals surface area contributed by atoms with Crippen LogP contribution in [-0.4, -0.2) is 60.6 Å². The van der Waals surface area contributed by atoms with Crippen molar-refractivity contribution in [2.24, 2.45) is 0 Å². The van der Waals surface area contributed by atoms with Gasteiger partial charge in [0.25, 0.3) is 0 Å². The number of nitrogens with zero attached hydrogens (tertiary/aromatic N) is 3. The van der Waals surface area contributed by atoms with E-state index in [1.54, 1.807) is 12.3 Å². The summed E-state index contributed by atoms with van der Waals surface area (Å²) in [4.78, 5) is 16.0. The number of nitrogens with one attached hydrogen (secondary N) is 1. The van der Waals surface area contributed by atoms with Crippen molar-refractivity contribution in [2.75, 3.05) is 39.8 Å². The SMILES string of the molecule is CN(CC(=O)N1CCNCC1)Cc1cc(-c2ccco2)on1. The first-order valence-electron chi connectivity index (χ1n) is 7.39. The topological polar surface area (TPSA) is 74.8 Å². The van der Waals surface area contributed by atoms with Crippen LogP contribution < -0.4 is 5.32 Å². The van der Waals surface area contributed by atoms with Crippen LogP contribution >= 0.6 is 0 Å². The quantitative estimate of drug-likeness (QED) is 0.880. The van der Waals surface area contributed by atoms with Crippen molar-refractivity contribution in [3.8, 4) is 11.5 Å². The highest BCUT2D eigenvalue weighted by Crippen LogP contribution is 2.20. The first kappa shape index (κ1) is 14.8. The average Bonchev–Trinajstić information content (AvgIpc) is 3.19. The molecule has 0 atom stereocenters. The highest BCUT2D eigenvalue weighted by atomic mass is 16.5. The van der Waals surface area contributed by atoms with Crippen LogP contribution in [0.15, 0.2) is 33.4 Å². The Morgan fingerprint density at radius 2 is 2.23 bits per heavy atom. The van der Waals surface area contributed by atoms with E-state index in [0.29, 0.717) is 24.6 Å².